The molecule has 2 unspecified atom stereocenters. The van der Waals surface area contributed by atoms with Gasteiger partial charge in [0.1, 0.15) is 0 Å². The Kier molecular flexibility index (Phi) is 5.39. The Bertz CT molecular complexity index is 431. The normalized spacial score (nSPS) is 23.1. The van der Waals surface area contributed by atoms with E-state index < -0.39 is 0 Å². The lowest BCUT2D eigenvalue weighted by molar-refractivity contribution is -0.384. The standard InChI is InChI=1S/C16H24N2O2/c1-2-4-13-5-3-6-14(8-7-13)17-15-9-11-16(12-10-15)18(19)20/h9-14,17H,2-8H2,1H3. The summed E-state index contributed by atoms with van der Waals surface area (Å²) in [5.74, 6) is 0.892. The third-order valence-corrected chi connectivity index (χ3v) is 4.23. The summed E-state index contributed by atoms with van der Waals surface area (Å²) in [6.07, 6.45) is 8.99. The fourth-order valence-corrected chi connectivity index (χ4v) is 3.13. The second-order valence-electron chi connectivity index (χ2n) is 5.81. The number of nitro groups is 1. The van der Waals surface area contributed by atoms with Gasteiger partial charge in [-0.2, -0.15) is 0 Å². The van der Waals surface area contributed by atoms with Crippen LogP contribution in [0.25, 0.3) is 0 Å². The van der Waals surface area contributed by atoms with Crippen molar-refractivity contribution in [1.82, 2.24) is 0 Å². The van der Waals surface area contributed by atoms with Gasteiger partial charge in [-0.15, -0.1) is 0 Å². The Morgan fingerprint density at radius 2 is 1.95 bits per heavy atom. The van der Waals surface area contributed by atoms with E-state index in [1.807, 2.05) is 12.1 Å². The van der Waals surface area contributed by atoms with E-state index in [-0.39, 0.29) is 10.6 Å². The predicted molar refractivity (Wildman–Crippen MR) is 82.0 cm³/mol. The molecule has 1 aliphatic carbocycles. The van der Waals surface area contributed by atoms with Crippen molar-refractivity contribution in [3.05, 3.63) is 34.4 Å². The molecule has 2 atom stereocenters. The lowest BCUT2D eigenvalue weighted by atomic mass is 9.95. The van der Waals surface area contributed by atoms with Crippen LogP contribution in [-0.4, -0.2) is 11.0 Å². The number of nitro benzene ring substituents is 1. The number of non-ortho nitro benzene ring substituents is 1. The van der Waals surface area contributed by atoms with Crippen LogP contribution in [-0.2, 0) is 0 Å². The summed E-state index contributed by atoms with van der Waals surface area (Å²) >= 11 is 0. The number of nitrogens with one attached hydrogen (secondary N) is 1. The average Bonchev–Trinajstić information content (AvgIpc) is 2.66. The molecule has 4 nitrogen and oxygen atoms in total. The van der Waals surface area contributed by atoms with Gasteiger partial charge in [0.15, 0.2) is 0 Å². The molecule has 0 amide bonds. The molecule has 110 valence electrons. The summed E-state index contributed by atoms with van der Waals surface area (Å²) in [6.45, 7) is 2.26. The summed E-state index contributed by atoms with van der Waals surface area (Å²) in [6, 6.07) is 7.27. The quantitative estimate of drug-likeness (QED) is 0.479. The van der Waals surface area contributed by atoms with Gasteiger partial charge in [0, 0.05) is 23.9 Å². The summed E-state index contributed by atoms with van der Waals surface area (Å²) in [7, 11) is 0. The molecule has 1 N–H and O–H groups in total. The number of hydrogen-bond donors (Lipinski definition) is 1. The first-order valence-corrected chi connectivity index (χ1v) is 7.70. The van der Waals surface area contributed by atoms with Crippen LogP contribution in [0.2, 0.25) is 0 Å². The summed E-state index contributed by atoms with van der Waals surface area (Å²) in [5, 5.41) is 14.2. The molecular weight excluding hydrogens is 252 g/mol. The zero-order valence-corrected chi connectivity index (χ0v) is 12.2. The molecule has 0 bridgehead atoms. The van der Waals surface area contributed by atoms with Crippen molar-refractivity contribution < 1.29 is 4.92 Å². The first-order valence-electron chi connectivity index (χ1n) is 7.70. The zero-order chi connectivity index (χ0) is 14.4. The van der Waals surface area contributed by atoms with Crippen molar-refractivity contribution in [3.8, 4) is 0 Å². The molecule has 1 aromatic rings. The molecule has 0 saturated heterocycles. The maximum Gasteiger partial charge on any atom is 0.269 e. The lowest BCUT2D eigenvalue weighted by Crippen LogP contribution is -2.18. The number of hydrogen-bond acceptors (Lipinski definition) is 3. The topological polar surface area (TPSA) is 55.2 Å². The van der Waals surface area contributed by atoms with Gasteiger partial charge >= 0.3 is 0 Å². The van der Waals surface area contributed by atoms with Crippen LogP contribution in [0.5, 0.6) is 0 Å². The van der Waals surface area contributed by atoms with Crippen LogP contribution in [0.15, 0.2) is 24.3 Å². The molecule has 0 aromatic heterocycles. The molecule has 4 heteroatoms. The van der Waals surface area contributed by atoms with Crippen molar-refractivity contribution in [2.45, 2.75) is 57.9 Å². The number of anilines is 1. The second kappa shape index (κ2) is 7.27. The Labute approximate surface area is 120 Å². The maximum absolute atomic E-state index is 10.6. The van der Waals surface area contributed by atoms with E-state index in [2.05, 4.69) is 12.2 Å². The summed E-state index contributed by atoms with van der Waals surface area (Å²) < 4.78 is 0. The Morgan fingerprint density at radius 3 is 2.60 bits per heavy atom. The van der Waals surface area contributed by atoms with Crippen LogP contribution in [0.1, 0.15) is 51.9 Å². The van der Waals surface area contributed by atoms with Gasteiger partial charge in [0.05, 0.1) is 4.92 Å². The van der Waals surface area contributed by atoms with Crippen molar-refractivity contribution in [2.75, 3.05) is 5.32 Å². The molecular formula is C16H24N2O2. The van der Waals surface area contributed by atoms with E-state index in [0.29, 0.717) is 6.04 Å². The number of nitrogens with zero attached hydrogens (tertiary/aromatic N) is 1. The van der Waals surface area contributed by atoms with Crippen molar-refractivity contribution in [2.24, 2.45) is 5.92 Å². The minimum atomic E-state index is -0.356. The highest BCUT2D eigenvalue weighted by Gasteiger charge is 2.18. The van der Waals surface area contributed by atoms with Gasteiger partial charge < -0.3 is 5.32 Å². The van der Waals surface area contributed by atoms with Gasteiger partial charge in [0.25, 0.3) is 5.69 Å². The third-order valence-electron chi connectivity index (χ3n) is 4.23. The highest BCUT2D eigenvalue weighted by atomic mass is 16.6. The first-order chi connectivity index (χ1) is 9.69. The van der Waals surface area contributed by atoms with E-state index >= 15 is 0 Å². The molecule has 0 spiro atoms. The van der Waals surface area contributed by atoms with Crippen LogP contribution in [0.3, 0.4) is 0 Å². The van der Waals surface area contributed by atoms with Gasteiger partial charge in [-0.05, 0) is 37.3 Å². The monoisotopic (exact) mass is 276 g/mol. The zero-order valence-electron chi connectivity index (χ0n) is 12.2. The van der Waals surface area contributed by atoms with E-state index in [1.54, 1.807) is 12.1 Å². The fourth-order valence-electron chi connectivity index (χ4n) is 3.13. The Balaban J connectivity index is 1.88. The molecule has 1 saturated carbocycles. The maximum atomic E-state index is 10.6. The number of benzene rings is 1. The summed E-state index contributed by atoms with van der Waals surface area (Å²) in [4.78, 5) is 10.3. The van der Waals surface area contributed by atoms with E-state index in [4.69, 9.17) is 0 Å². The Morgan fingerprint density at radius 1 is 1.20 bits per heavy atom. The largest absolute Gasteiger partial charge is 0.382 e. The molecule has 1 aromatic carbocycles. The molecule has 1 aliphatic rings. The van der Waals surface area contributed by atoms with Gasteiger partial charge in [-0.25, -0.2) is 0 Å². The van der Waals surface area contributed by atoms with Gasteiger partial charge in [-0.3, -0.25) is 10.1 Å². The van der Waals surface area contributed by atoms with Crippen molar-refractivity contribution in [1.29, 1.82) is 0 Å². The third kappa shape index (κ3) is 4.22. The average molecular weight is 276 g/mol. The minimum Gasteiger partial charge on any atom is -0.382 e. The van der Waals surface area contributed by atoms with Crippen LogP contribution >= 0.6 is 0 Å². The SMILES string of the molecule is CCCC1CCCC(Nc2ccc([N+](=O)[O-])cc2)CC1. The predicted octanol–water partition coefficient (Wildman–Crippen LogP) is 4.76. The van der Waals surface area contributed by atoms with Gasteiger partial charge in [-0.1, -0.05) is 32.6 Å². The minimum absolute atomic E-state index is 0.152. The second-order valence-corrected chi connectivity index (χ2v) is 5.81. The lowest BCUT2D eigenvalue weighted by Gasteiger charge is -2.18. The van der Waals surface area contributed by atoms with Gasteiger partial charge in [0.2, 0.25) is 0 Å². The smallest absolute Gasteiger partial charge is 0.269 e. The molecule has 0 aliphatic heterocycles. The van der Waals surface area contributed by atoms with Crippen LogP contribution < -0.4 is 5.32 Å². The summed E-state index contributed by atoms with van der Waals surface area (Å²) in [5.41, 5.74) is 1.15. The van der Waals surface area contributed by atoms with E-state index in [0.717, 1.165) is 11.6 Å². The Hall–Kier alpha value is -1.58. The molecule has 2 rings (SSSR count). The highest BCUT2D eigenvalue weighted by Crippen LogP contribution is 2.28. The van der Waals surface area contributed by atoms with Crippen LogP contribution in [0, 0.1) is 16.0 Å². The molecule has 20 heavy (non-hydrogen) atoms. The molecule has 0 heterocycles. The number of rotatable bonds is 5. The highest BCUT2D eigenvalue weighted by molar-refractivity contribution is 5.49. The molecule has 0 radical (unpaired) electrons. The van der Waals surface area contributed by atoms with Crippen LogP contribution in [0.4, 0.5) is 11.4 Å². The van der Waals surface area contributed by atoms with Crippen molar-refractivity contribution >= 4 is 11.4 Å². The first kappa shape index (κ1) is 14.8. The van der Waals surface area contributed by atoms with E-state index in [9.17, 15) is 10.1 Å². The van der Waals surface area contributed by atoms with E-state index in [1.165, 1.54) is 44.9 Å². The van der Waals surface area contributed by atoms with Crippen molar-refractivity contribution in [3.63, 3.8) is 0 Å². The molecule has 1 fully saturated rings. The fraction of sp³-hybridized carbons (Fsp3) is 0.625.